The monoisotopic (exact) mass is 795 g/mol. The summed E-state index contributed by atoms with van der Waals surface area (Å²) < 4.78 is 140. The Hall–Kier alpha value is -1.07. The molecule has 0 spiro atoms. The normalized spacial score (nSPS) is 29.6. The molecule has 0 aromatic heterocycles. The second-order valence-electron chi connectivity index (χ2n) is 15.0. The third-order valence-corrected chi connectivity index (χ3v) is 14.9. The SMILES string of the molecule is COC1CCC(SSCCCOc2ccc3c(c2)CCC2C3CC[C@@]3(C)C2CC[C@@H]3OCCN(C)CCOC(C(F)(F)F)(C(F)(F)F)C(F)(F)F)C1. The topological polar surface area (TPSA) is 40.2 Å². The molecule has 0 N–H and O–H groups in total. The van der Waals surface area contributed by atoms with Gasteiger partial charge in [-0.25, -0.2) is 0 Å². The fraction of sp³-hybridized carbons (Fsp3) is 0.833. The third kappa shape index (κ3) is 8.97. The van der Waals surface area contributed by atoms with E-state index in [1.165, 1.54) is 29.5 Å². The third-order valence-electron chi connectivity index (χ3n) is 11.9. The average Bonchev–Trinajstić information content (AvgIpc) is 3.66. The minimum absolute atomic E-state index is 0.0642. The van der Waals surface area contributed by atoms with Crippen molar-refractivity contribution in [3.63, 3.8) is 0 Å². The van der Waals surface area contributed by atoms with Crippen LogP contribution in [0.3, 0.4) is 0 Å². The van der Waals surface area contributed by atoms with Crippen molar-refractivity contribution < 1.29 is 58.5 Å². The Labute approximate surface area is 308 Å². The van der Waals surface area contributed by atoms with E-state index in [0.29, 0.717) is 35.7 Å². The van der Waals surface area contributed by atoms with Gasteiger partial charge in [0.2, 0.25) is 0 Å². The van der Waals surface area contributed by atoms with Crippen LogP contribution in [0, 0.1) is 17.3 Å². The Morgan fingerprint density at radius 2 is 1.58 bits per heavy atom. The summed E-state index contributed by atoms with van der Waals surface area (Å²) in [6.45, 7) is 1.17. The van der Waals surface area contributed by atoms with Crippen molar-refractivity contribution >= 4 is 21.6 Å². The zero-order chi connectivity index (χ0) is 38.0. The lowest BCUT2D eigenvalue weighted by atomic mass is 9.55. The molecular formula is C36H50F9NO4S2. The number of fused-ring (bicyclic) bond motifs is 5. The van der Waals surface area contributed by atoms with Gasteiger partial charge >= 0.3 is 24.1 Å². The summed E-state index contributed by atoms with van der Waals surface area (Å²) in [6, 6.07) is 6.55. The number of nitrogens with zero attached hydrogens (tertiary/aromatic N) is 1. The van der Waals surface area contributed by atoms with Gasteiger partial charge in [-0.15, -0.1) is 0 Å². The van der Waals surface area contributed by atoms with Gasteiger partial charge in [-0.05, 0) is 118 Å². The highest BCUT2D eigenvalue weighted by atomic mass is 33.1. The molecule has 4 aliphatic carbocycles. The highest BCUT2D eigenvalue weighted by molar-refractivity contribution is 8.76. The van der Waals surface area contributed by atoms with Crippen molar-refractivity contribution in [3.8, 4) is 5.75 Å². The first-order valence-electron chi connectivity index (χ1n) is 18.1. The zero-order valence-corrected chi connectivity index (χ0v) is 31.4. The number of hydrogen-bond acceptors (Lipinski definition) is 7. The van der Waals surface area contributed by atoms with Crippen LogP contribution in [-0.4, -0.2) is 99.3 Å². The van der Waals surface area contributed by atoms with Crippen molar-refractivity contribution in [1.29, 1.82) is 0 Å². The summed E-state index contributed by atoms with van der Waals surface area (Å²) in [6.07, 6.45) is -9.51. The molecule has 1 aromatic rings. The van der Waals surface area contributed by atoms with E-state index in [9.17, 15) is 39.5 Å². The first kappa shape index (κ1) is 42.1. The summed E-state index contributed by atoms with van der Waals surface area (Å²) in [5.41, 5.74) is -3.57. The maximum absolute atomic E-state index is 13.1. The van der Waals surface area contributed by atoms with Gasteiger partial charge in [0.05, 0.1) is 32.0 Å². The molecule has 0 bridgehead atoms. The molecule has 0 amide bonds. The van der Waals surface area contributed by atoms with Crippen LogP contribution in [0.15, 0.2) is 18.2 Å². The number of aryl methyl sites for hydroxylation is 1. The number of benzene rings is 1. The predicted octanol–water partition coefficient (Wildman–Crippen LogP) is 10.0. The smallest absolute Gasteiger partial charge is 0.435 e. The van der Waals surface area contributed by atoms with E-state index in [1.807, 2.05) is 21.6 Å². The maximum atomic E-state index is 13.1. The summed E-state index contributed by atoms with van der Waals surface area (Å²) in [4.78, 5) is 1.31. The summed E-state index contributed by atoms with van der Waals surface area (Å²) in [5, 5.41) is 0.676. The Balaban J connectivity index is 1.05. The van der Waals surface area contributed by atoms with Gasteiger partial charge < -0.3 is 23.8 Å². The Kier molecular flexibility index (Phi) is 13.7. The number of ether oxygens (including phenoxy) is 4. The minimum atomic E-state index is -6.74. The molecule has 5 nitrogen and oxygen atoms in total. The van der Waals surface area contributed by atoms with Crippen LogP contribution in [-0.2, 0) is 20.6 Å². The lowest BCUT2D eigenvalue weighted by molar-refractivity contribution is -0.457. The number of methoxy groups -OCH3 is 1. The van der Waals surface area contributed by atoms with Gasteiger partial charge in [-0.3, -0.25) is 0 Å². The fourth-order valence-corrected chi connectivity index (χ4v) is 11.9. The molecule has 4 aliphatic rings. The van der Waals surface area contributed by atoms with E-state index >= 15 is 0 Å². The first-order chi connectivity index (χ1) is 24.4. The summed E-state index contributed by atoms with van der Waals surface area (Å²) in [5.74, 6) is 3.38. The molecule has 1 aromatic carbocycles. The van der Waals surface area contributed by atoms with Gasteiger partial charge in [-0.1, -0.05) is 34.6 Å². The molecule has 7 atom stereocenters. The zero-order valence-electron chi connectivity index (χ0n) is 29.8. The van der Waals surface area contributed by atoms with Crippen molar-refractivity contribution in [2.75, 3.05) is 52.8 Å². The number of halogens is 9. The van der Waals surface area contributed by atoms with Crippen LogP contribution in [0.4, 0.5) is 39.5 Å². The molecule has 0 aliphatic heterocycles. The van der Waals surface area contributed by atoms with Gasteiger partial charge in [0, 0.05) is 31.2 Å². The van der Waals surface area contributed by atoms with E-state index < -0.39 is 37.3 Å². The first-order valence-corrected chi connectivity index (χ1v) is 20.5. The van der Waals surface area contributed by atoms with Gasteiger partial charge in [0.25, 0.3) is 0 Å². The maximum Gasteiger partial charge on any atom is 0.435 e. The Morgan fingerprint density at radius 1 is 0.865 bits per heavy atom. The molecule has 5 unspecified atom stereocenters. The van der Waals surface area contributed by atoms with E-state index in [-0.39, 0.29) is 24.7 Å². The highest BCUT2D eigenvalue weighted by Crippen LogP contribution is 2.62. The number of hydrogen-bond donors (Lipinski definition) is 0. The molecule has 3 saturated carbocycles. The standard InChI is InChI=1S/C36H50F9NO4S2/c1-32-14-13-28-27-10-7-25(48-17-4-20-51-52-26-8-6-24(22-26)47-3)21-23(27)5-9-29(28)30(32)11-12-31(32)49-18-15-46(2)16-19-50-33(34(37,38)39,35(40,41)42)36(43,44)45/h7,10,21,24,26,28-31H,4-6,8-9,11-20,22H2,1-3H3/t24?,26?,28?,29?,30?,31-,32-/m0/s1. The Bertz CT molecular complexity index is 1280. The molecule has 0 radical (unpaired) electrons. The Morgan fingerprint density at radius 3 is 2.25 bits per heavy atom. The summed E-state index contributed by atoms with van der Waals surface area (Å²) >= 11 is 0. The van der Waals surface area contributed by atoms with Crippen LogP contribution < -0.4 is 4.74 Å². The predicted molar refractivity (Wildman–Crippen MR) is 184 cm³/mol. The van der Waals surface area contributed by atoms with Crippen molar-refractivity contribution in [1.82, 2.24) is 4.90 Å². The van der Waals surface area contributed by atoms with Crippen molar-refractivity contribution in [2.45, 2.75) is 119 Å². The number of rotatable bonds is 16. The molecule has 52 heavy (non-hydrogen) atoms. The van der Waals surface area contributed by atoms with Gasteiger partial charge in [0.15, 0.2) is 0 Å². The average molecular weight is 796 g/mol. The molecule has 298 valence electrons. The molecule has 5 rings (SSSR count). The number of likely N-dealkylation sites (N-methyl/N-ethyl adjacent to an activating group) is 1. The van der Waals surface area contributed by atoms with Gasteiger partial charge in [0.1, 0.15) is 5.75 Å². The molecular weight excluding hydrogens is 746 g/mol. The molecule has 0 saturated heterocycles. The number of alkyl halides is 9. The highest BCUT2D eigenvalue weighted by Gasteiger charge is 2.85. The summed E-state index contributed by atoms with van der Waals surface area (Å²) in [7, 11) is 7.07. The van der Waals surface area contributed by atoms with Gasteiger partial charge in [-0.2, -0.15) is 39.5 Å². The van der Waals surface area contributed by atoms with Crippen molar-refractivity contribution in [2.24, 2.45) is 17.3 Å². The van der Waals surface area contributed by atoms with E-state index in [4.69, 9.17) is 14.2 Å². The molecule has 16 heteroatoms. The molecule has 3 fully saturated rings. The second kappa shape index (κ2) is 17.0. The largest absolute Gasteiger partial charge is 0.494 e. The van der Waals surface area contributed by atoms with E-state index in [0.717, 1.165) is 69.3 Å². The fourth-order valence-electron chi connectivity index (χ4n) is 9.07. The van der Waals surface area contributed by atoms with Crippen LogP contribution in [0.1, 0.15) is 81.8 Å². The van der Waals surface area contributed by atoms with Crippen LogP contribution >= 0.6 is 21.6 Å². The lowest BCUT2D eigenvalue weighted by Gasteiger charge is -2.50. The van der Waals surface area contributed by atoms with Crippen LogP contribution in [0.5, 0.6) is 5.75 Å². The minimum Gasteiger partial charge on any atom is -0.494 e. The van der Waals surface area contributed by atoms with Crippen LogP contribution in [0.2, 0.25) is 0 Å². The van der Waals surface area contributed by atoms with Crippen LogP contribution in [0.25, 0.3) is 0 Å². The quantitative estimate of drug-likeness (QED) is 0.0938. The second-order valence-corrected chi connectivity index (χ2v) is 17.8. The van der Waals surface area contributed by atoms with Crippen molar-refractivity contribution in [3.05, 3.63) is 29.3 Å². The van der Waals surface area contributed by atoms with E-state index in [2.05, 4.69) is 29.9 Å². The van der Waals surface area contributed by atoms with E-state index in [1.54, 1.807) is 7.11 Å². The molecule has 0 heterocycles. The lowest BCUT2D eigenvalue weighted by Crippen LogP contribution is -2.68.